The van der Waals surface area contributed by atoms with E-state index in [1.807, 2.05) is 0 Å². The van der Waals surface area contributed by atoms with Gasteiger partial charge in [0, 0.05) is 18.5 Å². The molecule has 2 fully saturated rings. The predicted octanol–water partition coefficient (Wildman–Crippen LogP) is 1.61. The molecule has 2 rings (SSSR count). The fourth-order valence-electron chi connectivity index (χ4n) is 3.72. The summed E-state index contributed by atoms with van der Waals surface area (Å²) in [4.78, 5) is 14.6. The molecule has 1 aliphatic heterocycles. The van der Waals surface area contributed by atoms with E-state index in [0.29, 0.717) is 6.04 Å². The lowest BCUT2D eigenvalue weighted by molar-refractivity contribution is -0.126. The van der Waals surface area contributed by atoms with Gasteiger partial charge in [0.1, 0.15) is 0 Å². The van der Waals surface area contributed by atoms with Gasteiger partial charge < -0.3 is 15.5 Å². The lowest BCUT2D eigenvalue weighted by Gasteiger charge is -2.35. The maximum Gasteiger partial charge on any atom is 0.223 e. The average Bonchev–Trinajstić information content (AvgIpc) is 2.49. The molecule has 2 N–H and O–H groups in total. The molecule has 2 aliphatic rings. The summed E-state index contributed by atoms with van der Waals surface area (Å²) in [5, 5.41) is 6.54. The zero-order valence-electron chi connectivity index (χ0n) is 13.2. The first-order chi connectivity index (χ1) is 9.68. The average molecular weight is 281 g/mol. The SMILES string of the molecule is CN(C)C(CNC(=O)C1CCNCC1)C1CCCCC1. The standard InChI is InChI=1S/C16H31N3O/c1-19(2)15(13-6-4-3-5-7-13)12-18-16(20)14-8-10-17-11-9-14/h13-15,17H,3-12H2,1-2H3,(H,18,20). The highest BCUT2D eigenvalue weighted by Crippen LogP contribution is 2.28. The van der Waals surface area contributed by atoms with Gasteiger partial charge in [-0.25, -0.2) is 0 Å². The summed E-state index contributed by atoms with van der Waals surface area (Å²) in [5.74, 6) is 1.26. The van der Waals surface area contributed by atoms with E-state index in [1.165, 1.54) is 32.1 Å². The molecule has 0 radical (unpaired) electrons. The molecule has 116 valence electrons. The van der Waals surface area contributed by atoms with Gasteiger partial charge in [-0.1, -0.05) is 19.3 Å². The fourth-order valence-corrected chi connectivity index (χ4v) is 3.72. The first-order valence-electron chi connectivity index (χ1n) is 8.33. The highest BCUT2D eigenvalue weighted by atomic mass is 16.1. The molecule has 1 saturated heterocycles. The molecule has 0 spiro atoms. The number of amides is 1. The van der Waals surface area contributed by atoms with E-state index in [9.17, 15) is 4.79 Å². The van der Waals surface area contributed by atoms with Crippen molar-refractivity contribution < 1.29 is 4.79 Å². The molecular weight excluding hydrogens is 250 g/mol. The fraction of sp³-hybridized carbons (Fsp3) is 0.938. The Morgan fingerprint density at radius 1 is 1.15 bits per heavy atom. The summed E-state index contributed by atoms with van der Waals surface area (Å²) in [6, 6.07) is 0.501. The quantitative estimate of drug-likeness (QED) is 0.805. The molecule has 0 aromatic heterocycles. The minimum Gasteiger partial charge on any atom is -0.354 e. The van der Waals surface area contributed by atoms with Gasteiger partial charge in [0.25, 0.3) is 0 Å². The van der Waals surface area contributed by atoms with Gasteiger partial charge in [-0.3, -0.25) is 4.79 Å². The van der Waals surface area contributed by atoms with E-state index >= 15 is 0 Å². The maximum atomic E-state index is 12.3. The molecule has 0 aromatic carbocycles. The molecule has 1 saturated carbocycles. The zero-order valence-corrected chi connectivity index (χ0v) is 13.2. The Kier molecular flexibility index (Phi) is 6.30. The number of hydrogen-bond donors (Lipinski definition) is 2. The van der Waals surface area contributed by atoms with Crippen LogP contribution in [0.15, 0.2) is 0 Å². The molecule has 1 unspecified atom stereocenters. The number of piperidine rings is 1. The van der Waals surface area contributed by atoms with E-state index in [4.69, 9.17) is 0 Å². The molecule has 4 nitrogen and oxygen atoms in total. The lowest BCUT2D eigenvalue weighted by atomic mass is 9.83. The molecule has 1 aliphatic carbocycles. The van der Waals surface area contributed by atoms with Crippen molar-refractivity contribution in [2.45, 2.75) is 51.0 Å². The second-order valence-corrected chi connectivity index (χ2v) is 6.70. The van der Waals surface area contributed by atoms with Gasteiger partial charge >= 0.3 is 0 Å². The van der Waals surface area contributed by atoms with Gasteiger partial charge in [0.05, 0.1) is 0 Å². The van der Waals surface area contributed by atoms with Crippen LogP contribution in [0.1, 0.15) is 44.9 Å². The normalized spacial score (nSPS) is 23.8. The summed E-state index contributed by atoms with van der Waals surface area (Å²) in [5.41, 5.74) is 0. The molecule has 0 bridgehead atoms. The second kappa shape index (κ2) is 7.99. The van der Waals surface area contributed by atoms with Crippen LogP contribution in [-0.2, 0) is 4.79 Å². The monoisotopic (exact) mass is 281 g/mol. The first kappa shape index (κ1) is 15.8. The van der Waals surface area contributed by atoms with Crippen LogP contribution < -0.4 is 10.6 Å². The third-order valence-corrected chi connectivity index (χ3v) is 5.05. The van der Waals surface area contributed by atoms with Gasteiger partial charge in [-0.05, 0) is 58.8 Å². The van der Waals surface area contributed by atoms with E-state index in [0.717, 1.165) is 38.4 Å². The molecular formula is C16H31N3O. The molecule has 0 aromatic rings. The molecule has 4 heteroatoms. The molecule has 1 amide bonds. The highest BCUT2D eigenvalue weighted by Gasteiger charge is 2.27. The van der Waals surface area contributed by atoms with Crippen LogP contribution in [0.25, 0.3) is 0 Å². The van der Waals surface area contributed by atoms with Crippen LogP contribution in [0.3, 0.4) is 0 Å². The zero-order chi connectivity index (χ0) is 14.4. The van der Waals surface area contributed by atoms with Crippen molar-refractivity contribution >= 4 is 5.91 Å². The third-order valence-electron chi connectivity index (χ3n) is 5.05. The number of nitrogens with zero attached hydrogens (tertiary/aromatic N) is 1. The summed E-state index contributed by atoms with van der Waals surface area (Å²) in [6.45, 7) is 2.79. The van der Waals surface area contributed by atoms with Crippen LogP contribution in [-0.4, -0.2) is 50.6 Å². The summed E-state index contributed by atoms with van der Waals surface area (Å²) in [6.07, 6.45) is 8.73. The van der Waals surface area contributed by atoms with Crippen molar-refractivity contribution in [3.05, 3.63) is 0 Å². The Hall–Kier alpha value is -0.610. The summed E-state index contributed by atoms with van der Waals surface area (Å²) < 4.78 is 0. The van der Waals surface area contributed by atoms with Gasteiger partial charge in [0.2, 0.25) is 5.91 Å². The lowest BCUT2D eigenvalue weighted by Crippen LogP contribution is -2.47. The van der Waals surface area contributed by atoms with Crippen LogP contribution in [0.2, 0.25) is 0 Å². The predicted molar refractivity (Wildman–Crippen MR) is 82.7 cm³/mol. The van der Waals surface area contributed by atoms with Gasteiger partial charge in [0.15, 0.2) is 0 Å². The van der Waals surface area contributed by atoms with Crippen molar-refractivity contribution in [1.82, 2.24) is 15.5 Å². The maximum absolute atomic E-state index is 12.3. The van der Waals surface area contributed by atoms with Crippen molar-refractivity contribution in [2.75, 3.05) is 33.7 Å². The van der Waals surface area contributed by atoms with E-state index < -0.39 is 0 Å². The molecule has 20 heavy (non-hydrogen) atoms. The van der Waals surface area contributed by atoms with Crippen LogP contribution >= 0.6 is 0 Å². The summed E-state index contributed by atoms with van der Waals surface area (Å²) in [7, 11) is 4.30. The number of likely N-dealkylation sites (N-methyl/N-ethyl adjacent to an activating group) is 1. The van der Waals surface area contributed by atoms with E-state index in [1.54, 1.807) is 0 Å². The number of carbonyl (C=O) groups is 1. The third kappa shape index (κ3) is 4.45. The Bertz CT molecular complexity index is 294. The number of carbonyl (C=O) groups excluding carboxylic acids is 1. The highest BCUT2D eigenvalue weighted by molar-refractivity contribution is 5.78. The minimum atomic E-state index is 0.227. The van der Waals surface area contributed by atoms with E-state index in [2.05, 4.69) is 29.6 Å². The van der Waals surface area contributed by atoms with Crippen molar-refractivity contribution in [3.63, 3.8) is 0 Å². The molecule has 1 heterocycles. The topological polar surface area (TPSA) is 44.4 Å². The smallest absolute Gasteiger partial charge is 0.223 e. The summed E-state index contributed by atoms with van der Waals surface area (Å²) >= 11 is 0. The van der Waals surface area contributed by atoms with Crippen LogP contribution in [0.5, 0.6) is 0 Å². The first-order valence-corrected chi connectivity index (χ1v) is 8.33. The van der Waals surface area contributed by atoms with Crippen LogP contribution in [0, 0.1) is 11.8 Å². The Balaban J connectivity index is 1.80. The Labute approximate surface area is 123 Å². The number of rotatable bonds is 5. The van der Waals surface area contributed by atoms with Crippen molar-refractivity contribution in [2.24, 2.45) is 11.8 Å². The van der Waals surface area contributed by atoms with Crippen LogP contribution in [0.4, 0.5) is 0 Å². The van der Waals surface area contributed by atoms with Crippen molar-refractivity contribution in [3.8, 4) is 0 Å². The second-order valence-electron chi connectivity index (χ2n) is 6.70. The number of nitrogens with one attached hydrogen (secondary N) is 2. The number of hydrogen-bond acceptors (Lipinski definition) is 3. The largest absolute Gasteiger partial charge is 0.354 e. The van der Waals surface area contributed by atoms with Gasteiger partial charge in [-0.15, -0.1) is 0 Å². The Morgan fingerprint density at radius 2 is 1.80 bits per heavy atom. The Morgan fingerprint density at radius 3 is 2.40 bits per heavy atom. The van der Waals surface area contributed by atoms with Crippen molar-refractivity contribution in [1.29, 1.82) is 0 Å². The molecule has 1 atom stereocenters. The van der Waals surface area contributed by atoms with E-state index in [-0.39, 0.29) is 11.8 Å². The minimum absolute atomic E-state index is 0.227. The van der Waals surface area contributed by atoms with Gasteiger partial charge in [-0.2, -0.15) is 0 Å².